The van der Waals surface area contributed by atoms with Gasteiger partial charge < -0.3 is 10.1 Å². The van der Waals surface area contributed by atoms with Gasteiger partial charge in [0.1, 0.15) is 16.8 Å². The molecule has 0 bridgehead atoms. The van der Waals surface area contributed by atoms with Crippen LogP contribution in [0, 0.1) is 18.3 Å². The van der Waals surface area contributed by atoms with Crippen LogP contribution in [0.1, 0.15) is 52.6 Å². The van der Waals surface area contributed by atoms with Crippen molar-refractivity contribution in [1.82, 2.24) is 19.7 Å². The van der Waals surface area contributed by atoms with Crippen molar-refractivity contribution in [2.75, 3.05) is 0 Å². The van der Waals surface area contributed by atoms with Gasteiger partial charge in [0, 0.05) is 6.04 Å². The van der Waals surface area contributed by atoms with Gasteiger partial charge in [0.25, 0.3) is 5.91 Å². The fourth-order valence-corrected chi connectivity index (χ4v) is 3.44. The molecule has 0 unspecified atom stereocenters. The molecule has 0 radical (unpaired) electrons. The minimum Gasteiger partial charge on any atom is -0.489 e. The Morgan fingerprint density at radius 2 is 2.07 bits per heavy atom. The van der Waals surface area contributed by atoms with E-state index in [0.29, 0.717) is 30.7 Å². The van der Waals surface area contributed by atoms with Crippen molar-refractivity contribution in [2.24, 2.45) is 0 Å². The number of pyridine rings is 1. The largest absolute Gasteiger partial charge is 0.489 e. The van der Waals surface area contributed by atoms with E-state index in [9.17, 15) is 18.0 Å². The number of ether oxygens (including phenoxy) is 1. The molecule has 1 amide bonds. The van der Waals surface area contributed by atoms with Crippen LogP contribution in [0.15, 0.2) is 12.3 Å². The second kappa shape index (κ2) is 8.10. The first-order valence-corrected chi connectivity index (χ1v) is 9.28. The van der Waals surface area contributed by atoms with Crippen LogP contribution in [0.25, 0.3) is 0 Å². The van der Waals surface area contributed by atoms with Crippen LogP contribution in [0.4, 0.5) is 13.2 Å². The molecule has 1 fully saturated rings. The quantitative estimate of drug-likeness (QED) is 0.829. The van der Waals surface area contributed by atoms with Crippen LogP contribution in [0.2, 0.25) is 0 Å². The maximum atomic E-state index is 13.0. The zero-order valence-corrected chi connectivity index (χ0v) is 15.6. The van der Waals surface area contributed by atoms with E-state index in [1.165, 1.54) is 6.07 Å². The highest BCUT2D eigenvalue weighted by Gasteiger charge is 2.35. The number of aryl methyl sites for hydroxylation is 1. The minimum atomic E-state index is -4.68. The number of rotatable bonds is 4. The summed E-state index contributed by atoms with van der Waals surface area (Å²) in [6.45, 7) is 1.76. The molecule has 1 saturated carbocycles. The summed E-state index contributed by atoms with van der Waals surface area (Å²) < 4.78 is 48.6. The van der Waals surface area contributed by atoms with Crippen molar-refractivity contribution >= 4 is 17.4 Å². The van der Waals surface area contributed by atoms with Crippen molar-refractivity contribution in [3.8, 4) is 11.8 Å². The molecule has 3 rings (SSSR count). The van der Waals surface area contributed by atoms with Gasteiger partial charge in [0.2, 0.25) is 5.82 Å². The van der Waals surface area contributed by atoms with E-state index in [0.717, 1.165) is 23.8 Å². The molecule has 0 atom stereocenters. The van der Waals surface area contributed by atoms with E-state index >= 15 is 0 Å². The molecule has 2 aromatic heterocycles. The SMILES string of the molecule is Cc1nc(C(=O)NC2CCC(Oc3cnc(C#N)c(C(F)(F)F)c3)CC2)ns1. The fourth-order valence-electron chi connectivity index (χ4n) is 2.97. The standard InChI is InChI=1S/C17H16F3N5O2S/c1-9-23-15(25-28-9)16(26)24-10-2-4-11(5-3-10)27-12-6-13(17(18,19)20)14(7-21)22-8-12/h6,8,10-11H,2-5H2,1H3,(H,24,26). The van der Waals surface area contributed by atoms with Gasteiger partial charge in [-0.05, 0) is 50.2 Å². The molecular formula is C17H16F3N5O2S. The summed E-state index contributed by atoms with van der Waals surface area (Å²) in [6, 6.07) is 2.17. The Labute approximate surface area is 162 Å². The number of hydrogen-bond acceptors (Lipinski definition) is 7. The van der Waals surface area contributed by atoms with Crippen molar-refractivity contribution < 1.29 is 22.7 Å². The molecule has 2 heterocycles. The summed E-state index contributed by atoms with van der Waals surface area (Å²) in [5.74, 6) is -0.218. The number of carbonyl (C=O) groups excluding carboxylic acids is 1. The number of nitrogens with zero attached hydrogens (tertiary/aromatic N) is 4. The van der Waals surface area contributed by atoms with Gasteiger partial charge in [-0.3, -0.25) is 4.79 Å². The molecule has 0 aromatic carbocycles. The van der Waals surface area contributed by atoms with E-state index in [2.05, 4.69) is 19.7 Å². The van der Waals surface area contributed by atoms with Crippen molar-refractivity contribution in [2.45, 2.75) is 50.9 Å². The average molecular weight is 411 g/mol. The van der Waals surface area contributed by atoms with Crippen LogP contribution in [0.5, 0.6) is 5.75 Å². The summed E-state index contributed by atoms with van der Waals surface area (Å²) in [6.07, 6.45) is -1.47. The number of carbonyl (C=O) groups is 1. The summed E-state index contributed by atoms with van der Waals surface area (Å²) >= 11 is 1.15. The average Bonchev–Trinajstić information content (AvgIpc) is 3.09. The number of nitrogens with one attached hydrogen (secondary N) is 1. The highest BCUT2D eigenvalue weighted by molar-refractivity contribution is 7.05. The maximum absolute atomic E-state index is 13.0. The zero-order valence-electron chi connectivity index (χ0n) is 14.8. The van der Waals surface area contributed by atoms with Crippen molar-refractivity contribution in [1.29, 1.82) is 5.26 Å². The summed E-state index contributed by atoms with van der Waals surface area (Å²) in [7, 11) is 0. The van der Waals surface area contributed by atoms with Crippen LogP contribution in [0.3, 0.4) is 0 Å². The lowest BCUT2D eigenvalue weighted by Crippen LogP contribution is -2.40. The van der Waals surface area contributed by atoms with E-state index in [4.69, 9.17) is 10.00 Å². The van der Waals surface area contributed by atoms with Crippen LogP contribution in [-0.4, -0.2) is 32.4 Å². The number of hydrogen-bond donors (Lipinski definition) is 1. The van der Waals surface area contributed by atoms with Crippen molar-refractivity contribution in [3.63, 3.8) is 0 Å². The molecular weight excluding hydrogens is 395 g/mol. The summed E-state index contributed by atoms with van der Waals surface area (Å²) in [5, 5.41) is 12.4. The molecule has 148 valence electrons. The van der Waals surface area contributed by atoms with Crippen molar-refractivity contribution in [3.05, 3.63) is 34.4 Å². The number of amides is 1. The predicted octanol–water partition coefficient (Wildman–Crippen LogP) is 3.25. The lowest BCUT2D eigenvalue weighted by Gasteiger charge is -2.29. The molecule has 2 aromatic rings. The zero-order chi connectivity index (χ0) is 20.3. The van der Waals surface area contributed by atoms with Crippen LogP contribution >= 0.6 is 11.5 Å². The topological polar surface area (TPSA) is 101 Å². The Kier molecular flexibility index (Phi) is 5.79. The monoisotopic (exact) mass is 411 g/mol. The third-order valence-corrected chi connectivity index (χ3v) is 4.94. The minimum absolute atomic E-state index is 0.0269. The molecule has 28 heavy (non-hydrogen) atoms. The number of alkyl halides is 3. The Morgan fingerprint density at radius 1 is 1.36 bits per heavy atom. The number of nitriles is 1. The van der Waals surface area contributed by atoms with Gasteiger partial charge in [-0.1, -0.05) is 0 Å². The number of aromatic nitrogens is 3. The molecule has 0 saturated heterocycles. The molecule has 0 spiro atoms. The van der Waals surface area contributed by atoms with Gasteiger partial charge in [0.15, 0.2) is 5.69 Å². The number of halogens is 3. The second-order valence-corrected chi connectivity index (χ2v) is 7.33. The smallest absolute Gasteiger partial charge is 0.419 e. The summed E-state index contributed by atoms with van der Waals surface area (Å²) in [5.41, 5.74) is -1.79. The first kappa shape index (κ1) is 20.0. The Balaban J connectivity index is 1.56. The molecule has 11 heteroatoms. The molecule has 1 aliphatic rings. The third-order valence-electron chi connectivity index (χ3n) is 4.32. The summed E-state index contributed by atoms with van der Waals surface area (Å²) in [4.78, 5) is 19.7. The predicted molar refractivity (Wildman–Crippen MR) is 92.7 cm³/mol. The third kappa shape index (κ3) is 4.75. The highest BCUT2D eigenvalue weighted by Crippen LogP contribution is 2.34. The molecule has 1 aliphatic carbocycles. The lowest BCUT2D eigenvalue weighted by molar-refractivity contribution is -0.138. The van der Waals surface area contributed by atoms with Crippen LogP contribution in [-0.2, 0) is 6.18 Å². The Bertz CT molecular complexity index is 901. The van der Waals surface area contributed by atoms with Gasteiger partial charge in [-0.15, -0.1) is 0 Å². The normalized spacial score (nSPS) is 19.7. The van der Waals surface area contributed by atoms with Gasteiger partial charge in [-0.2, -0.15) is 22.8 Å². The highest BCUT2D eigenvalue weighted by atomic mass is 32.1. The molecule has 7 nitrogen and oxygen atoms in total. The van der Waals surface area contributed by atoms with Crippen LogP contribution < -0.4 is 10.1 Å². The molecule has 0 aliphatic heterocycles. The van der Waals surface area contributed by atoms with E-state index < -0.39 is 17.4 Å². The van der Waals surface area contributed by atoms with E-state index in [1.54, 1.807) is 6.92 Å². The maximum Gasteiger partial charge on any atom is 0.419 e. The first-order chi connectivity index (χ1) is 13.3. The van der Waals surface area contributed by atoms with Gasteiger partial charge in [-0.25, -0.2) is 9.97 Å². The Morgan fingerprint density at radius 3 is 2.64 bits per heavy atom. The first-order valence-electron chi connectivity index (χ1n) is 8.51. The van der Waals surface area contributed by atoms with Gasteiger partial charge in [0.05, 0.1) is 17.9 Å². The van der Waals surface area contributed by atoms with Gasteiger partial charge >= 0.3 is 6.18 Å². The van der Waals surface area contributed by atoms with E-state index in [-0.39, 0.29) is 29.6 Å². The fraction of sp³-hybridized carbons (Fsp3) is 0.471. The Hall–Kier alpha value is -2.74. The van der Waals surface area contributed by atoms with E-state index in [1.807, 2.05) is 0 Å². The second-order valence-electron chi connectivity index (χ2n) is 6.38. The lowest BCUT2D eigenvalue weighted by atomic mass is 9.93. The molecule has 1 N–H and O–H groups in total.